The molecular weight excluding hydrogens is 234 g/mol. The fourth-order valence-corrected chi connectivity index (χ4v) is 2.58. The molecule has 2 heterocycles. The number of likely N-dealkylation sites (tertiary alicyclic amines) is 2. The molecule has 2 aliphatic rings. The molecule has 0 saturated carbocycles. The lowest BCUT2D eigenvalue weighted by molar-refractivity contribution is -0.138. The number of carbonyl (C=O) groups is 3. The Labute approximate surface area is 106 Å². The second-order valence-electron chi connectivity index (χ2n) is 4.91. The maximum absolute atomic E-state index is 11.9. The summed E-state index contributed by atoms with van der Waals surface area (Å²) in [6.07, 6.45) is 1.47. The van der Waals surface area contributed by atoms with Crippen molar-refractivity contribution in [2.45, 2.75) is 38.3 Å². The van der Waals surface area contributed by atoms with Crippen molar-refractivity contribution in [2.24, 2.45) is 0 Å². The van der Waals surface area contributed by atoms with Crippen LogP contribution in [0.25, 0.3) is 0 Å². The van der Waals surface area contributed by atoms with Crippen LogP contribution >= 0.6 is 0 Å². The first-order chi connectivity index (χ1) is 8.52. The number of imide groups is 1. The standard InChI is InChI=1S/C12H19N3O3/c1-3-15-11(17)6-9(12(15)18)13-8-4-5-10(16)14(2)7-8/h8-9,13H,3-7H2,1-2H3. The minimum atomic E-state index is -0.413. The molecule has 2 rings (SSSR count). The monoisotopic (exact) mass is 253 g/mol. The van der Waals surface area contributed by atoms with Crippen molar-refractivity contribution in [3.63, 3.8) is 0 Å². The van der Waals surface area contributed by atoms with Gasteiger partial charge in [0.15, 0.2) is 0 Å². The molecule has 0 spiro atoms. The molecule has 0 aromatic heterocycles. The highest BCUT2D eigenvalue weighted by molar-refractivity contribution is 6.05. The van der Waals surface area contributed by atoms with Crippen LogP contribution in [-0.4, -0.2) is 59.7 Å². The summed E-state index contributed by atoms with van der Waals surface area (Å²) in [5, 5.41) is 3.21. The maximum Gasteiger partial charge on any atom is 0.246 e. The van der Waals surface area contributed by atoms with Gasteiger partial charge in [0, 0.05) is 32.6 Å². The van der Waals surface area contributed by atoms with Crippen LogP contribution in [0.3, 0.4) is 0 Å². The molecule has 2 unspecified atom stereocenters. The van der Waals surface area contributed by atoms with Crippen LogP contribution in [0.4, 0.5) is 0 Å². The van der Waals surface area contributed by atoms with Crippen LogP contribution < -0.4 is 5.32 Å². The number of hydrogen-bond acceptors (Lipinski definition) is 4. The van der Waals surface area contributed by atoms with Gasteiger partial charge in [0.1, 0.15) is 0 Å². The maximum atomic E-state index is 11.9. The van der Waals surface area contributed by atoms with E-state index >= 15 is 0 Å². The summed E-state index contributed by atoms with van der Waals surface area (Å²) in [5.74, 6) is -0.112. The van der Waals surface area contributed by atoms with Crippen molar-refractivity contribution in [1.29, 1.82) is 0 Å². The molecule has 2 atom stereocenters. The zero-order chi connectivity index (χ0) is 13.3. The summed E-state index contributed by atoms with van der Waals surface area (Å²) in [7, 11) is 1.76. The summed E-state index contributed by atoms with van der Waals surface area (Å²) in [5.41, 5.74) is 0. The van der Waals surface area contributed by atoms with Crippen molar-refractivity contribution in [2.75, 3.05) is 20.1 Å². The van der Waals surface area contributed by atoms with Crippen LogP contribution in [-0.2, 0) is 14.4 Å². The van der Waals surface area contributed by atoms with Gasteiger partial charge in [-0.1, -0.05) is 0 Å². The summed E-state index contributed by atoms with van der Waals surface area (Å²) >= 11 is 0. The second-order valence-corrected chi connectivity index (χ2v) is 4.91. The number of rotatable bonds is 3. The smallest absolute Gasteiger partial charge is 0.246 e. The van der Waals surface area contributed by atoms with E-state index in [1.165, 1.54) is 4.90 Å². The number of amides is 3. The number of likely N-dealkylation sites (N-methyl/N-ethyl adjacent to an activating group) is 2. The van der Waals surface area contributed by atoms with Crippen LogP contribution in [0, 0.1) is 0 Å². The van der Waals surface area contributed by atoms with E-state index in [-0.39, 0.29) is 30.2 Å². The van der Waals surface area contributed by atoms with Crippen molar-refractivity contribution >= 4 is 17.7 Å². The van der Waals surface area contributed by atoms with E-state index in [0.29, 0.717) is 19.5 Å². The highest BCUT2D eigenvalue weighted by Crippen LogP contribution is 2.16. The Morgan fingerprint density at radius 3 is 2.56 bits per heavy atom. The number of hydrogen-bond donors (Lipinski definition) is 1. The van der Waals surface area contributed by atoms with E-state index in [2.05, 4.69) is 5.32 Å². The minimum Gasteiger partial charge on any atom is -0.344 e. The van der Waals surface area contributed by atoms with Gasteiger partial charge in [-0.3, -0.25) is 19.3 Å². The molecule has 2 saturated heterocycles. The number of carbonyl (C=O) groups excluding carboxylic acids is 3. The first kappa shape index (κ1) is 13.0. The highest BCUT2D eigenvalue weighted by atomic mass is 16.2. The molecule has 3 amide bonds. The van der Waals surface area contributed by atoms with Gasteiger partial charge in [0.2, 0.25) is 17.7 Å². The lowest BCUT2D eigenvalue weighted by Crippen LogP contribution is -2.51. The average Bonchev–Trinajstić information content (AvgIpc) is 2.59. The molecule has 6 heteroatoms. The predicted octanol–water partition coefficient (Wildman–Crippen LogP) is -0.656. The topological polar surface area (TPSA) is 69.7 Å². The number of piperidine rings is 1. The molecule has 0 aliphatic carbocycles. The Kier molecular flexibility index (Phi) is 3.65. The van der Waals surface area contributed by atoms with Crippen LogP contribution in [0.2, 0.25) is 0 Å². The van der Waals surface area contributed by atoms with Crippen molar-refractivity contribution < 1.29 is 14.4 Å². The quantitative estimate of drug-likeness (QED) is 0.678. The molecule has 0 radical (unpaired) electrons. The lowest BCUT2D eigenvalue weighted by atomic mass is 10.0. The molecule has 2 aliphatic heterocycles. The minimum absolute atomic E-state index is 0.103. The molecule has 6 nitrogen and oxygen atoms in total. The van der Waals surface area contributed by atoms with Crippen LogP contribution in [0.15, 0.2) is 0 Å². The molecular formula is C12H19N3O3. The predicted molar refractivity (Wildman–Crippen MR) is 64.6 cm³/mol. The summed E-state index contributed by atoms with van der Waals surface area (Å²) in [6.45, 7) is 2.83. The zero-order valence-electron chi connectivity index (χ0n) is 10.8. The van der Waals surface area contributed by atoms with Gasteiger partial charge < -0.3 is 10.2 Å². The van der Waals surface area contributed by atoms with E-state index in [4.69, 9.17) is 0 Å². The van der Waals surface area contributed by atoms with Gasteiger partial charge in [0.05, 0.1) is 12.5 Å². The van der Waals surface area contributed by atoms with Crippen molar-refractivity contribution in [3.8, 4) is 0 Å². The van der Waals surface area contributed by atoms with Gasteiger partial charge in [-0.25, -0.2) is 0 Å². The third kappa shape index (κ3) is 2.38. The van der Waals surface area contributed by atoms with Crippen LogP contribution in [0.5, 0.6) is 0 Å². The Morgan fingerprint density at radius 2 is 2.00 bits per heavy atom. The third-order valence-electron chi connectivity index (χ3n) is 3.62. The first-order valence-electron chi connectivity index (χ1n) is 6.37. The zero-order valence-corrected chi connectivity index (χ0v) is 10.8. The molecule has 0 bridgehead atoms. The van der Waals surface area contributed by atoms with E-state index in [0.717, 1.165) is 6.42 Å². The van der Waals surface area contributed by atoms with Crippen molar-refractivity contribution in [3.05, 3.63) is 0 Å². The summed E-state index contributed by atoms with van der Waals surface area (Å²) < 4.78 is 0. The number of nitrogens with one attached hydrogen (secondary N) is 1. The Morgan fingerprint density at radius 1 is 1.28 bits per heavy atom. The van der Waals surface area contributed by atoms with E-state index in [1.54, 1.807) is 18.9 Å². The van der Waals surface area contributed by atoms with Crippen molar-refractivity contribution in [1.82, 2.24) is 15.1 Å². The van der Waals surface area contributed by atoms with Gasteiger partial charge in [-0.05, 0) is 13.3 Å². The Hall–Kier alpha value is -1.43. The Bertz CT molecular complexity index is 383. The fourth-order valence-electron chi connectivity index (χ4n) is 2.58. The molecule has 1 N–H and O–H groups in total. The van der Waals surface area contributed by atoms with Crippen LogP contribution in [0.1, 0.15) is 26.2 Å². The molecule has 0 aromatic rings. The summed E-state index contributed by atoms with van der Waals surface area (Å²) in [6, 6.07) is -0.310. The normalized spacial score (nSPS) is 29.3. The SMILES string of the molecule is CCN1C(=O)CC(NC2CCC(=O)N(C)C2)C1=O. The molecule has 0 aromatic carbocycles. The largest absolute Gasteiger partial charge is 0.344 e. The molecule has 2 fully saturated rings. The summed E-state index contributed by atoms with van der Waals surface area (Å²) in [4.78, 5) is 37.8. The second kappa shape index (κ2) is 5.06. The highest BCUT2D eigenvalue weighted by Gasteiger charge is 2.39. The fraction of sp³-hybridized carbons (Fsp3) is 0.750. The molecule has 18 heavy (non-hydrogen) atoms. The number of nitrogens with zero attached hydrogens (tertiary/aromatic N) is 2. The van der Waals surface area contributed by atoms with Gasteiger partial charge in [0.25, 0.3) is 0 Å². The van der Waals surface area contributed by atoms with Gasteiger partial charge in [-0.2, -0.15) is 0 Å². The van der Waals surface area contributed by atoms with E-state index in [1.807, 2.05) is 0 Å². The average molecular weight is 253 g/mol. The molecule has 100 valence electrons. The first-order valence-corrected chi connectivity index (χ1v) is 6.37. The Balaban J connectivity index is 1.93. The van der Waals surface area contributed by atoms with E-state index < -0.39 is 6.04 Å². The lowest BCUT2D eigenvalue weighted by Gasteiger charge is -2.31. The van der Waals surface area contributed by atoms with Gasteiger partial charge in [-0.15, -0.1) is 0 Å². The third-order valence-corrected chi connectivity index (χ3v) is 3.62. The van der Waals surface area contributed by atoms with E-state index in [9.17, 15) is 14.4 Å². The van der Waals surface area contributed by atoms with Gasteiger partial charge >= 0.3 is 0 Å².